The Morgan fingerprint density at radius 1 is 1.00 bits per heavy atom. The molecule has 29 heavy (non-hydrogen) atoms. The van der Waals surface area contributed by atoms with E-state index in [1.807, 2.05) is 30.5 Å². The topological polar surface area (TPSA) is 66.5 Å². The summed E-state index contributed by atoms with van der Waals surface area (Å²) in [6, 6.07) is 21.2. The van der Waals surface area contributed by atoms with Crippen LogP contribution in [-0.4, -0.2) is 27.1 Å². The van der Waals surface area contributed by atoms with Gasteiger partial charge in [-0.1, -0.05) is 24.3 Å². The molecule has 3 aromatic carbocycles. The number of fused-ring (bicyclic) bond motifs is 1. The van der Waals surface area contributed by atoms with Crippen molar-refractivity contribution in [3.63, 3.8) is 0 Å². The number of thioether (sulfide) groups is 1. The summed E-state index contributed by atoms with van der Waals surface area (Å²) in [5.74, 6) is -0.213. The van der Waals surface area contributed by atoms with Crippen molar-refractivity contribution in [2.45, 2.75) is 16.2 Å². The number of amides is 1. The minimum Gasteiger partial charge on any atom is -0.322 e. The Labute approximate surface area is 174 Å². The highest BCUT2D eigenvalue weighted by Crippen LogP contribution is 2.33. The summed E-state index contributed by atoms with van der Waals surface area (Å²) in [6.45, 7) is 0.368. The first-order valence-corrected chi connectivity index (χ1v) is 11.8. The third-order valence-electron chi connectivity index (χ3n) is 4.85. The van der Waals surface area contributed by atoms with Gasteiger partial charge in [-0.05, 0) is 66.8 Å². The SMILES string of the molecule is CSc1cccc(NC(=O)c2ccc3c(c2)CCN3S(=O)(=O)c2ccccc2)c1. The van der Waals surface area contributed by atoms with Gasteiger partial charge >= 0.3 is 0 Å². The number of hydrogen-bond donors (Lipinski definition) is 1. The van der Waals surface area contributed by atoms with Crippen LogP contribution in [0, 0.1) is 0 Å². The molecule has 0 aliphatic carbocycles. The van der Waals surface area contributed by atoms with Crippen molar-refractivity contribution < 1.29 is 13.2 Å². The van der Waals surface area contributed by atoms with Gasteiger partial charge in [-0.15, -0.1) is 11.8 Å². The zero-order chi connectivity index (χ0) is 20.4. The van der Waals surface area contributed by atoms with Crippen molar-refractivity contribution >= 4 is 39.1 Å². The zero-order valence-corrected chi connectivity index (χ0v) is 17.5. The lowest BCUT2D eigenvalue weighted by molar-refractivity contribution is 0.102. The first-order chi connectivity index (χ1) is 14.0. The minimum absolute atomic E-state index is 0.213. The number of rotatable bonds is 5. The number of sulfonamides is 1. The molecule has 148 valence electrons. The third-order valence-corrected chi connectivity index (χ3v) is 7.41. The smallest absolute Gasteiger partial charge is 0.264 e. The predicted octanol–water partition coefficient (Wildman–Crippen LogP) is 4.41. The molecule has 0 aromatic heterocycles. The van der Waals surface area contributed by atoms with Crippen LogP contribution >= 0.6 is 11.8 Å². The lowest BCUT2D eigenvalue weighted by Gasteiger charge is -2.19. The van der Waals surface area contributed by atoms with Gasteiger partial charge in [-0.3, -0.25) is 9.10 Å². The van der Waals surface area contributed by atoms with Crippen LogP contribution in [0.15, 0.2) is 82.6 Å². The number of carbonyl (C=O) groups is 1. The summed E-state index contributed by atoms with van der Waals surface area (Å²) < 4.78 is 27.3. The van der Waals surface area contributed by atoms with Crippen LogP contribution in [0.2, 0.25) is 0 Å². The molecule has 0 atom stereocenters. The minimum atomic E-state index is -3.61. The molecule has 5 nitrogen and oxygen atoms in total. The molecule has 1 aliphatic rings. The second-order valence-corrected chi connectivity index (χ2v) is 9.41. The van der Waals surface area contributed by atoms with E-state index < -0.39 is 10.0 Å². The van der Waals surface area contributed by atoms with Gasteiger partial charge in [0.05, 0.1) is 10.6 Å². The molecule has 1 amide bonds. The van der Waals surface area contributed by atoms with E-state index >= 15 is 0 Å². The number of anilines is 2. The summed E-state index contributed by atoms with van der Waals surface area (Å²) in [5, 5.41) is 2.91. The summed E-state index contributed by atoms with van der Waals surface area (Å²) in [7, 11) is -3.61. The van der Waals surface area contributed by atoms with Crippen LogP contribution in [0.4, 0.5) is 11.4 Å². The summed E-state index contributed by atoms with van der Waals surface area (Å²) >= 11 is 1.61. The van der Waals surface area contributed by atoms with Crippen LogP contribution in [0.3, 0.4) is 0 Å². The van der Waals surface area contributed by atoms with E-state index in [2.05, 4.69) is 5.32 Å². The van der Waals surface area contributed by atoms with Gasteiger partial charge in [0, 0.05) is 22.7 Å². The molecule has 0 radical (unpaired) electrons. The van der Waals surface area contributed by atoms with Gasteiger partial charge in [-0.2, -0.15) is 0 Å². The van der Waals surface area contributed by atoms with E-state index in [0.717, 1.165) is 16.1 Å². The van der Waals surface area contributed by atoms with Gasteiger partial charge in [-0.25, -0.2) is 8.42 Å². The van der Waals surface area contributed by atoms with E-state index in [-0.39, 0.29) is 10.8 Å². The van der Waals surface area contributed by atoms with Crippen LogP contribution < -0.4 is 9.62 Å². The molecule has 1 N–H and O–H groups in total. The molecule has 4 rings (SSSR count). The Kier molecular flexibility index (Phi) is 5.34. The predicted molar refractivity (Wildman–Crippen MR) is 117 cm³/mol. The average Bonchev–Trinajstić information content (AvgIpc) is 3.18. The number of carbonyl (C=O) groups excluding carboxylic acids is 1. The summed E-state index contributed by atoms with van der Waals surface area (Å²) in [6.07, 6.45) is 2.56. The summed E-state index contributed by atoms with van der Waals surface area (Å²) in [5.41, 5.74) is 2.73. The first kappa shape index (κ1) is 19.5. The van der Waals surface area contributed by atoms with E-state index in [9.17, 15) is 13.2 Å². The number of hydrogen-bond acceptors (Lipinski definition) is 4. The monoisotopic (exact) mass is 424 g/mol. The highest BCUT2D eigenvalue weighted by molar-refractivity contribution is 7.98. The molecule has 1 aliphatic heterocycles. The van der Waals surface area contributed by atoms with Crippen LogP contribution in [0.25, 0.3) is 0 Å². The molecule has 0 fully saturated rings. The van der Waals surface area contributed by atoms with E-state index in [4.69, 9.17) is 0 Å². The van der Waals surface area contributed by atoms with Gasteiger partial charge < -0.3 is 5.32 Å². The van der Waals surface area contributed by atoms with E-state index in [0.29, 0.717) is 24.2 Å². The number of benzene rings is 3. The standard InChI is InChI=1S/C22H20N2O3S2/c1-28-19-7-5-6-18(15-19)23-22(25)17-10-11-21-16(14-17)12-13-24(21)29(26,27)20-8-3-2-4-9-20/h2-11,14-15H,12-13H2,1H3,(H,23,25). The fourth-order valence-corrected chi connectivity index (χ4v) is 5.37. The number of nitrogens with one attached hydrogen (secondary N) is 1. The van der Waals surface area contributed by atoms with Crippen molar-refractivity contribution in [1.82, 2.24) is 0 Å². The van der Waals surface area contributed by atoms with Crippen LogP contribution in [-0.2, 0) is 16.4 Å². The summed E-state index contributed by atoms with van der Waals surface area (Å²) in [4.78, 5) is 14.0. The van der Waals surface area contributed by atoms with Crippen LogP contribution in [0.5, 0.6) is 0 Å². The van der Waals surface area contributed by atoms with E-state index in [1.54, 1.807) is 60.3 Å². The molecule has 0 saturated carbocycles. The fraction of sp³-hybridized carbons (Fsp3) is 0.136. The Bertz CT molecular complexity index is 1160. The Hall–Kier alpha value is -2.77. The van der Waals surface area contributed by atoms with Crippen molar-refractivity contribution in [2.75, 3.05) is 22.4 Å². The molecular formula is C22H20N2O3S2. The number of nitrogens with zero attached hydrogens (tertiary/aromatic N) is 1. The molecular weight excluding hydrogens is 404 g/mol. The van der Waals surface area contributed by atoms with Crippen LogP contribution in [0.1, 0.15) is 15.9 Å². The Morgan fingerprint density at radius 2 is 1.79 bits per heavy atom. The lowest BCUT2D eigenvalue weighted by Crippen LogP contribution is -2.29. The van der Waals surface area contributed by atoms with Crippen molar-refractivity contribution in [3.05, 3.63) is 83.9 Å². The Balaban J connectivity index is 1.58. The third kappa shape index (κ3) is 3.88. The largest absolute Gasteiger partial charge is 0.322 e. The molecule has 0 bridgehead atoms. The van der Waals surface area contributed by atoms with Gasteiger partial charge in [0.1, 0.15) is 0 Å². The lowest BCUT2D eigenvalue weighted by atomic mass is 10.1. The van der Waals surface area contributed by atoms with Gasteiger partial charge in [0.2, 0.25) is 0 Å². The normalized spacial score (nSPS) is 13.2. The molecule has 1 heterocycles. The molecule has 3 aromatic rings. The highest BCUT2D eigenvalue weighted by Gasteiger charge is 2.31. The second-order valence-electron chi connectivity index (χ2n) is 6.67. The maximum atomic E-state index is 13.0. The van der Waals surface area contributed by atoms with Crippen molar-refractivity contribution in [2.24, 2.45) is 0 Å². The maximum absolute atomic E-state index is 13.0. The highest BCUT2D eigenvalue weighted by atomic mass is 32.2. The Morgan fingerprint density at radius 3 is 2.55 bits per heavy atom. The molecule has 0 spiro atoms. The average molecular weight is 425 g/mol. The van der Waals surface area contributed by atoms with E-state index in [1.165, 1.54) is 4.31 Å². The fourth-order valence-electron chi connectivity index (χ4n) is 3.39. The van der Waals surface area contributed by atoms with Gasteiger partial charge in [0.25, 0.3) is 15.9 Å². The molecule has 7 heteroatoms. The quantitative estimate of drug-likeness (QED) is 0.616. The van der Waals surface area contributed by atoms with Gasteiger partial charge in [0.15, 0.2) is 0 Å². The first-order valence-electron chi connectivity index (χ1n) is 9.15. The molecule has 0 unspecified atom stereocenters. The second kappa shape index (κ2) is 7.93. The zero-order valence-electron chi connectivity index (χ0n) is 15.8. The van der Waals surface area contributed by atoms with Crippen molar-refractivity contribution in [1.29, 1.82) is 0 Å². The van der Waals surface area contributed by atoms with Crippen molar-refractivity contribution in [3.8, 4) is 0 Å². The molecule has 0 saturated heterocycles. The maximum Gasteiger partial charge on any atom is 0.264 e.